The highest BCUT2D eigenvalue weighted by Crippen LogP contribution is 2.39. The summed E-state index contributed by atoms with van der Waals surface area (Å²) >= 11 is 0. The number of nitrogens with zero attached hydrogens (tertiary/aromatic N) is 2. The van der Waals surface area contributed by atoms with Crippen molar-refractivity contribution in [1.29, 1.82) is 0 Å². The van der Waals surface area contributed by atoms with Gasteiger partial charge in [-0.3, -0.25) is 14.6 Å². The van der Waals surface area contributed by atoms with Gasteiger partial charge in [0.05, 0.1) is 6.04 Å². The van der Waals surface area contributed by atoms with E-state index in [0.717, 1.165) is 44.9 Å². The summed E-state index contributed by atoms with van der Waals surface area (Å²) in [5.74, 6) is 2.23. The van der Waals surface area contributed by atoms with Crippen molar-refractivity contribution in [3.05, 3.63) is 35.9 Å². The highest BCUT2D eigenvalue weighted by Gasteiger charge is 2.43. The molecule has 1 amide bonds. The number of carbonyl (C=O) groups is 1. The molecule has 1 N–H and O–H groups in total. The molecule has 0 radical (unpaired) electrons. The van der Waals surface area contributed by atoms with Gasteiger partial charge < -0.3 is 5.32 Å². The molecule has 2 aliphatic heterocycles. The van der Waals surface area contributed by atoms with E-state index >= 15 is 0 Å². The number of carbonyl (C=O) groups excluding carboxylic acids is 1. The van der Waals surface area contributed by atoms with Crippen LogP contribution in [-0.4, -0.2) is 54.0 Å². The zero-order chi connectivity index (χ0) is 20.2. The molecule has 29 heavy (non-hydrogen) atoms. The molecule has 1 saturated carbocycles. The van der Waals surface area contributed by atoms with Crippen molar-refractivity contribution in [3.63, 3.8) is 0 Å². The summed E-state index contributed by atoms with van der Waals surface area (Å²) < 4.78 is 0. The Morgan fingerprint density at radius 2 is 1.83 bits per heavy atom. The van der Waals surface area contributed by atoms with Gasteiger partial charge in [-0.05, 0) is 68.5 Å². The van der Waals surface area contributed by atoms with E-state index in [4.69, 9.17) is 0 Å². The highest BCUT2D eigenvalue weighted by molar-refractivity contribution is 5.82. The third-order valence-corrected chi connectivity index (χ3v) is 7.34. The predicted molar refractivity (Wildman–Crippen MR) is 119 cm³/mol. The molecule has 4 atom stereocenters. The number of amides is 1. The van der Waals surface area contributed by atoms with Crippen molar-refractivity contribution in [2.24, 2.45) is 17.8 Å². The number of piperidine rings is 1. The summed E-state index contributed by atoms with van der Waals surface area (Å²) in [6.07, 6.45) is 7.20. The fourth-order valence-electron chi connectivity index (χ4n) is 5.88. The fraction of sp³-hybridized carbons (Fsp3) is 0.720. The minimum Gasteiger partial charge on any atom is -0.352 e. The van der Waals surface area contributed by atoms with Gasteiger partial charge in [0.2, 0.25) is 5.91 Å². The van der Waals surface area contributed by atoms with Crippen LogP contribution in [0.3, 0.4) is 0 Å². The largest absolute Gasteiger partial charge is 0.352 e. The Bertz CT molecular complexity index is 655. The summed E-state index contributed by atoms with van der Waals surface area (Å²) in [6, 6.07) is 11.2. The van der Waals surface area contributed by atoms with Crippen LogP contribution in [0.25, 0.3) is 0 Å². The Hall–Kier alpha value is -1.39. The Morgan fingerprint density at radius 3 is 2.55 bits per heavy atom. The third-order valence-electron chi connectivity index (χ3n) is 7.34. The fourth-order valence-corrected chi connectivity index (χ4v) is 5.88. The van der Waals surface area contributed by atoms with Gasteiger partial charge in [0.15, 0.2) is 0 Å². The Labute approximate surface area is 177 Å². The molecule has 3 aliphatic rings. The van der Waals surface area contributed by atoms with E-state index in [1.165, 1.54) is 37.8 Å². The van der Waals surface area contributed by atoms with Gasteiger partial charge in [0.25, 0.3) is 0 Å². The maximum atomic E-state index is 13.3. The number of hydrogen-bond acceptors (Lipinski definition) is 3. The minimum atomic E-state index is 0.0659. The summed E-state index contributed by atoms with van der Waals surface area (Å²) in [5.41, 5.74) is 1.40. The van der Waals surface area contributed by atoms with Gasteiger partial charge in [0, 0.05) is 25.7 Å². The second-order valence-electron chi connectivity index (χ2n) is 10.0. The van der Waals surface area contributed by atoms with E-state index in [0.29, 0.717) is 23.8 Å². The minimum absolute atomic E-state index is 0.0659. The molecule has 1 aromatic carbocycles. The van der Waals surface area contributed by atoms with Crippen LogP contribution in [0.1, 0.15) is 57.9 Å². The lowest BCUT2D eigenvalue weighted by atomic mass is 9.96. The Morgan fingerprint density at radius 1 is 1.07 bits per heavy atom. The first kappa shape index (κ1) is 20.9. The molecule has 4 heteroatoms. The molecule has 160 valence electrons. The molecule has 1 aliphatic carbocycles. The summed E-state index contributed by atoms with van der Waals surface area (Å²) in [4.78, 5) is 18.4. The van der Waals surface area contributed by atoms with Gasteiger partial charge in [-0.1, -0.05) is 50.6 Å². The molecule has 2 saturated heterocycles. The maximum absolute atomic E-state index is 13.3. The lowest BCUT2D eigenvalue weighted by Crippen LogP contribution is -2.52. The summed E-state index contributed by atoms with van der Waals surface area (Å²) in [7, 11) is 0. The van der Waals surface area contributed by atoms with Crippen LogP contribution in [0.15, 0.2) is 30.3 Å². The molecule has 0 bridgehead atoms. The zero-order valence-corrected chi connectivity index (χ0v) is 18.4. The Kier molecular flexibility index (Phi) is 6.92. The molecule has 2 heterocycles. The van der Waals surface area contributed by atoms with Crippen molar-refractivity contribution in [2.45, 2.75) is 71.0 Å². The van der Waals surface area contributed by atoms with Crippen LogP contribution >= 0.6 is 0 Å². The summed E-state index contributed by atoms with van der Waals surface area (Å²) in [6.45, 7) is 10.0. The molecule has 3 fully saturated rings. The predicted octanol–water partition coefficient (Wildman–Crippen LogP) is 3.91. The van der Waals surface area contributed by atoms with E-state index in [-0.39, 0.29) is 6.04 Å². The molecular formula is C25H39N3O. The van der Waals surface area contributed by atoms with Crippen LogP contribution in [-0.2, 0) is 11.3 Å². The number of nitrogens with one attached hydrogen (secondary N) is 1. The van der Waals surface area contributed by atoms with Crippen LogP contribution in [0.5, 0.6) is 0 Å². The second kappa shape index (κ2) is 9.61. The zero-order valence-electron chi connectivity index (χ0n) is 18.4. The molecule has 1 unspecified atom stereocenters. The average Bonchev–Trinajstić information content (AvgIpc) is 3.28. The van der Waals surface area contributed by atoms with Crippen LogP contribution in [0, 0.1) is 17.8 Å². The smallest absolute Gasteiger partial charge is 0.237 e. The molecule has 0 aromatic heterocycles. The van der Waals surface area contributed by atoms with Crippen molar-refractivity contribution < 1.29 is 4.79 Å². The van der Waals surface area contributed by atoms with E-state index in [1.54, 1.807) is 0 Å². The van der Waals surface area contributed by atoms with E-state index < -0.39 is 0 Å². The molecular weight excluding hydrogens is 358 g/mol. The molecule has 4 nitrogen and oxygen atoms in total. The number of hydrogen-bond donors (Lipinski definition) is 1. The maximum Gasteiger partial charge on any atom is 0.237 e. The molecule has 4 rings (SSSR count). The van der Waals surface area contributed by atoms with Crippen LogP contribution in [0.2, 0.25) is 0 Å². The quantitative estimate of drug-likeness (QED) is 0.758. The van der Waals surface area contributed by atoms with Crippen molar-refractivity contribution in [2.75, 3.05) is 26.2 Å². The van der Waals surface area contributed by atoms with Gasteiger partial charge in [-0.15, -0.1) is 0 Å². The molecule has 1 aromatic rings. The average molecular weight is 398 g/mol. The highest BCUT2D eigenvalue weighted by atomic mass is 16.2. The lowest BCUT2D eigenvalue weighted by Gasteiger charge is -2.35. The monoisotopic (exact) mass is 397 g/mol. The van der Waals surface area contributed by atoms with E-state index in [2.05, 4.69) is 59.3 Å². The lowest BCUT2D eigenvalue weighted by molar-refractivity contribution is -0.128. The van der Waals surface area contributed by atoms with Gasteiger partial charge in [-0.2, -0.15) is 0 Å². The first-order valence-electron chi connectivity index (χ1n) is 11.9. The first-order valence-corrected chi connectivity index (χ1v) is 11.9. The SMILES string of the molecule is CC(C)CC(C(=O)N[C@@H]1CC[C@H]2CN(Cc3ccccc3)C[C@H]21)N1CCCCC1. The number of benzene rings is 1. The Balaban J connectivity index is 1.35. The van der Waals surface area contributed by atoms with Crippen LogP contribution in [0.4, 0.5) is 0 Å². The normalized spacial score (nSPS) is 29.1. The van der Waals surface area contributed by atoms with Gasteiger partial charge in [-0.25, -0.2) is 0 Å². The van der Waals surface area contributed by atoms with E-state index in [1.807, 2.05) is 0 Å². The van der Waals surface area contributed by atoms with Crippen molar-refractivity contribution in [1.82, 2.24) is 15.1 Å². The standard InChI is InChI=1S/C25H39N3O/c1-19(2)15-24(28-13-7-4-8-14-28)25(29)26-23-12-11-21-17-27(18-22(21)23)16-20-9-5-3-6-10-20/h3,5-6,9-10,19,21-24H,4,7-8,11-18H2,1-2H3,(H,26,29)/t21-,22+,23+,24?/m0/s1. The summed E-state index contributed by atoms with van der Waals surface area (Å²) in [5, 5.41) is 3.53. The number of rotatable bonds is 7. The second-order valence-corrected chi connectivity index (χ2v) is 10.0. The van der Waals surface area contributed by atoms with E-state index in [9.17, 15) is 4.79 Å². The van der Waals surface area contributed by atoms with Crippen molar-refractivity contribution in [3.8, 4) is 0 Å². The van der Waals surface area contributed by atoms with Crippen LogP contribution < -0.4 is 5.32 Å². The third kappa shape index (κ3) is 5.21. The number of likely N-dealkylation sites (tertiary alicyclic amines) is 2. The first-order chi connectivity index (χ1) is 14.1. The molecule has 0 spiro atoms. The van der Waals surface area contributed by atoms with Crippen molar-refractivity contribution >= 4 is 5.91 Å². The van der Waals surface area contributed by atoms with Gasteiger partial charge >= 0.3 is 0 Å². The number of fused-ring (bicyclic) bond motifs is 1. The van der Waals surface area contributed by atoms with Gasteiger partial charge in [0.1, 0.15) is 0 Å². The topological polar surface area (TPSA) is 35.6 Å².